The summed E-state index contributed by atoms with van der Waals surface area (Å²) in [5, 5.41) is 9.20. The van der Waals surface area contributed by atoms with E-state index in [4.69, 9.17) is 4.74 Å². The molecule has 0 aliphatic carbocycles. The molecule has 0 radical (unpaired) electrons. The van der Waals surface area contributed by atoms with Crippen molar-refractivity contribution in [2.75, 3.05) is 19.3 Å². The number of hydrogen-bond acceptors (Lipinski definition) is 4. The van der Waals surface area contributed by atoms with Crippen LogP contribution in [0.2, 0.25) is 0 Å². The van der Waals surface area contributed by atoms with Crippen LogP contribution in [0.25, 0.3) is 0 Å². The van der Waals surface area contributed by atoms with Crippen LogP contribution in [-0.4, -0.2) is 51.4 Å². The van der Waals surface area contributed by atoms with E-state index in [-0.39, 0.29) is 12.2 Å². The molecule has 1 saturated heterocycles. The quantitative estimate of drug-likeness (QED) is 0.860. The molecule has 1 fully saturated rings. The van der Waals surface area contributed by atoms with E-state index in [1.54, 1.807) is 6.26 Å². The third-order valence-electron chi connectivity index (χ3n) is 2.89. The van der Waals surface area contributed by atoms with Gasteiger partial charge in [-0.15, -0.1) is 0 Å². The Hall–Kier alpha value is -1.40. The Kier molecular flexibility index (Phi) is 7.03. The molecule has 2 atom stereocenters. The van der Waals surface area contributed by atoms with Crippen molar-refractivity contribution >= 4 is 16.9 Å². The number of rotatable bonds is 1. The molecule has 1 aromatic rings. The Morgan fingerprint density at radius 2 is 1.91 bits per heavy atom. The van der Waals surface area contributed by atoms with Gasteiger partial charge >= 0.3 is 6.09 Å². The van der Waals surface area contributed by atoms with Gasteiger partial charge in [-0.2, -0.15) is 0 Å². The van der Waals surface area contributed by atoms with Crippen molar-refractivity contribution in [3.8, 4) is 0 Å². The van der Waals surface area contributed by atoms with E-state index in [0.717, 1.165) is 4.90 Å². The van der Waals surface area contributed by atoms with Gasteiger partial charge in [0.25, 0.3) is 0 Å². The van der Waals surface area contributed by atoms with E-state index in [2.05, 4.69) is 0 Å². The van der Waals surface area contributed by atoms with E-state index in [1.165, 1.54) is 4.90 Å². The van der Waals surface area contributed by atoms with Crippen molar-refractivity contribution in [1.82, 2.24) is 4.90 Å². The van der Waals surface area contributed by atoms with E-state index in [0.29, 0.717) is 19.5 Å². The highest BCUT2D eigenvalue weighted by Gasteiger charge is 2.28. The van der Waals surface area contributed by atoms with Gasteiger partial charge in [-0.25, -0.2) is 4.79 Å². The zero-order valence-electron chi connectivity index (χ0n) is 13.6. The molecule has 1 amide bonds. The average Bonchev–Trinajstić information content (AvgIpc) is 2.85. The number of amides is 1. The lowest BCUT2D eigenvalue weighted by atomic mass is 10.2. The topological polar surface area (TPSA) is 66.8 Å². The van der Waals surface area contributed by atoms with Crippen molar-refractivity contribution in [2.45, 2.75) is 43.8 Å². The van der Waals surface area contributed by atoms with Crippen LogP contribution < -0.4 is 0 Å². The first kappa shape index (κ1) is 18.6. The van der Waals surface area contributed by atoms with Gasteiger partial charge in [-0.05, 0) is 39.3 Å². The summed E-state index contributed by atoms with van der Waals surface area (Å²) in [6.07, 6.45) is 1.62. The summed E-state index contributed by atoms with van der Waals surface area (Å²) in [5.41, 5.74) is -0.454. The molecule has 0 aromatic heterocycles. The Balaban J connectivity index is 0.000000235. The summed E-state index contributed by atoms with van der Waals surface area (Å²) < 4.78 is 15.9. The van der Waals surface area contributed by atoms with E-state index < -0.39 is 16.4 Å². The molecular weight excluding hydrogens is 302 g/mol. The van der Waals surface area contributed by atoms with E-state index in [9.17, 15) is 14.1 Å². The molecule has 22 heavy (non-hydrogen) atoms. The van der Waals surface area contributed by atoms with Crippen LogP contribution in [0.15, 0.2) is 35.2 Å². The highest BCUT2D eigenvalue weighted by atomic mass is 32.2. The molecule has 6 heteroatoms. The molecule has 2 unspecified atom stereocenters. The van der Waals surface area contributed by atoms with Crippen LogP contribution in [0.5, 0.6) is 0 Å². The molecule has 1 heterocycles. The van der Waals surface area contributed by atoms with Crippen LogP contribution in [0.3, 0.4) is 0 Å². The van der Waals surface area contributed by atoms with Crippen molar-refractivity contribution in [3.05, 3.63) is 30.3 Å². The van der Waals surface area contributed by atoms with Crippen LogP contribution in [0.1, 0.15) is 27.2 Å². The van der Waals surface area contributed by atoms with E-state index in [1.807, 2.05) is 51.1 Å². The van der Waals surface area contributed by atoms with Crippen molar-refractivity contribution in [3.63, 3.8) is 0 Å². The van der Waals surface area contributed by atoms with Crippen molar-refractivity contribution in [1.29, 1.82) is 0 Å². The molecule has 0 bridgehead atoms. The van der Waals surface area contributed by atoms with Crippen LogP contribution in [0, 0.1) is 0 Å². The predicted octanol–water partition coefficient (Wildman–Crippen LogP) is 2.41. The van der Waals surface area contributed by atoms with Gasteiger partial charge < -0.3 is 14.7 Å². The van der Waals surface area contributed by atoms with Crippen molar-refractivity contribution < 1.29 is 18.8 Å². The molecule has 124 valence electrons. The fraction of sp³-hybridized carbons (Fsp3) is 0.562. The minimum atomic E-state index is -0.829. The van der Waals surface area contributed by atoms with Crippen LogP contribution in [-0.2, 0) is 15.5 Å². The van der Waals surface area contributed by atoms with Gasteiger partial charge in [-0.1, -0.05) is 18.2 Å². The Labute approximate surface area is 134 Å². The van der Waals surface area contributed by atoms with Gasteiger partial charge in [0.1, 0.15) is 5.60 Å². The smallest absolute Gasteiger partial charge is 0.410 e. The average molecular weight is 327 g/mol. The number of carbonyl (C=O) groups excluding carboxylic acids is 1. The largest absolute Gasteiger partial charge is 0.444 e. The second kappa shape index (κ2) is 8.29. The number of aliphatic hydroxyl groups is 1. The first-order valence-corrected chi connectivity index (χ1v) is 8.79. The van der Waals surface area contributed by atoms with Crippen LogP contribution in [0.4, 0.5) is 4.79 Å². The molecule has 1 N–H and O–H groups in total. The number of aliphatic hydroxyl groups excluding tert-OH is 1. The zero-order chi connectivity index (χ0) is 16.8. The number of nitrogens with zero attached hydrogens (tertiary/aromatic N) is 1. The summed E-state index contributed by atoms with van der Waals surface area (Å²) >= 11 is 0. The summed E-state index contributed by atoms with van der Waals surface area (Å²) in [5.74, 6) is 0. The summed E-state index contributed by atoms with van der Waals surface area (Å²) in [4.78, 5) is 13.8. The molecule has 0 saturated carbocycles. The fourth-order valence-electron chi connectivity index (χ4n) is 1.85. The first-order chi connectivity index (χ1) is 10.2. The molecular formula is C16H25NO4S. The third kappa shape index (κ3) is 7.04. The minimum absolute atomic E-state index is 0.330. The van der Waals surface area contributed by atoms with Crippen molar-refractivity contribution in [2.24, 2.45) is 0 Å². The first-order valence-electron chi connectivity index (χ1n) is 7.23. The SMILES string of the molecule is CC(C)(C)OC(=O)N1CCC(O)C1.CS(=O)c1ccccc1. The fourth-order valence-corrected chi connectivity index (χ4v) is 2.39. The third-order valence-corrected chi connectivity index (χ3v) is 3.83. The summed E-state index contributed by atoms with van der Waals surface area (Å²) in [6, 6.07) is 9.40. The monoisotopic (exact) mass is 327 g/mol. The minimum Gasteiger partial charge on any atom is -0.444 e. The summed E-state index contributed by atoms with van der Waals surface area (Å²) in [7, 11) is -0.829. The van der Waals surface area contributed by atoms with Gasteiger partial charge in [0.2, 0.25) is 0 Å². The van der Waals surface area contributed by atoms with Crippen LogP contribution >= 0.6 is 0 Å². The Morgan fingerprint density at radius 1 is 1.32 bits per heavy atom. The zero-order valence-corrected chi connectivity index (χ0v) is 14.4. The highest BCUT2D eigenvalue weighted by Crippen LogP contribution is 2.14. The molecule has 1 aliphatic heterocycles. The lowest BCUT2D eigenvalue weighted by Crippen LogP contribution is -2.35. The second-order valence-corrected chi connectivity index (χ2v) is 7.52. The predicted molar refractivity (Wildman–Crippen MR) is 87.2 cm³/mol. The Morgan fingerprint density at radius 3 is 2.27 bits per heavy atom. The molecule has 1 aliphatic rings. The molecule has 0 spiro atoms. The maximum absolute atomic E-state index is 11.4. The number of β-amino-alcohol motifs (C(OH)–C–C–N with tert-alkyl or cyclic N) is 1. The number of hydrogen-bond donors (Lipinski definition) is 1. The van der Waals surface area contributed by atoms with Gasteiger partial charge in [-0.3, -0.25) is 4.21 Å². The number of ether oxygens (including phenoxy) is 1. The number of likely N-dealkylation sites (tertiary alicyclic amines) is 1. The lowest BCUT2D eigenvalue weighted by Gasteiger charge is -2.24. The standard InChI is InChI=1S/C9H17NO3.C7H8OS/c1-9(2,3)13-8(12)10-5-4-7(11)6-10;1-9(8)7-5-3-2-4-6-7/h7,11H,4-6H2,1-3H3;2-6H,1H3. The summed E-state index contributed by atoms with van der Waals surface area (Å²) in [6.45, 7) is 6.48. The number of carbonyl (C=O) groups is 1. The maximum atomic E-state index is 11.4. The maximum Gasteiger partial charge on any atom is 0.410 e. The highest BCUT2D eigenvalue weighted by molar-refractivity contribution is 7.84. The molecule has 1 aromatic carbocycles. The van der Waals surface area contributed by atoms with Gasteiger partial charge in [0.15, 0.2) is 0 Å². The van der Waals surface area contributed by atoms with Gasteiger partial charge in [0.05, 0.1) is 6.10 Å². The van der Waals surface area contributed by atoms with Gasteiger partial charge in [0, 0.05) is 35.0 Å². The normalized spacial score (nSPS) is 19.1. The molecule has 2 rings (SSSR count). The second-order valence-electron chi connectivity index (χ2n) is 6.14. The van der Waals surface area contributed by atoms with E-state index >= 15 is 0 Å². The molecule has 5 nitrogen and oxygen atoms in total. The number of benzene rings is 1. The Bertz CT molecular complexity index is 499. The lowest BCUT2D eigenvalue weighted by molar-refractivity contribution is 0.0270.